The van der Waals surface area contributed by atoms with Crippen LogP contribution in [0, 0.1) is 0 Å². The molecule has 1 fully saturated rings. The van der Waals surface area contributed by atoms with E-state index in [2.05, 4.69) is 20.8 Å². The molecule has 0 saturated carbocycles. The number of aliphatic carboxylic acids is 1. The van der Waals surface area contributed by atoms with Gasteiger partial charge in [-0.05, 0) is 22.3 Å². The van der Waals surface area contributed by atoms with Gasteiger partial charge in [-0.25, -0.2) is 9.48 Å². The quantitative estimate of drug-likeness (QED) is 0.421. The maximum absolute atomic E-state index is 12.8. The van der Waals surface area contributed by atoms with Crippen molar-refractivity contribution < 1.29 is 24.2 Å². The molecule has 26 heavy (non-hydrogen) atoms. The molecule has 0 bridgehead atoms. The second-order valence-electron chi connectivity index (χ2n) is 5.52. The molecular formula is C13H16N6O5S2. The molecule has 1 aromatic rings. The average Bonchev–Trinajstić information content (AvgIpc) is 3.11. The number of ether oxygens (including phenoxy) is 1. The Labute approximate surface area is 156 Å². The zero-order valence-electron chi connectivity index (χ0n) is 13.9. The van der Waals surface area contributed by atoms with E-state index in [1.165, 1.54) is 46.5 Å². The number of hydrogen-bond donors (Lipinski definition) is 2. The molecule has 0 radical (unpaired) electrons. The standard InChI is InChI=1S/C13H16N6O5S2/c1-24-13(15-8(20)3-18-6-14-16-17-18)11(23)19-9(10(21)22)7(4-25-2)5-26-12(13)19/h6,12H,3-5H2,1-2H3,(H,15,20)(H,21,22)/t12-,13?/m0/s1. The molecule has 140 valence electrons. The summed E-state index contributed by atoms with van der Waals surface area (Å²) in [5.41, 5.74) is -0.971. The molecule has 0 spiro atoms. The van der Waals surface area contributed by atoms with Crippen LogP contribution in [0.5, 0.6) is 0 Å². The zero-order valence-corrected chi connectivity index (χ0v) is 15.5. The summed E-state index contributed by atoms with van der Waals surface area (Å²) < 4.78 is 6.54. The van der Waals surface area contributed by atoms with Crippen LogP contribution in [-0.4, -0.2) is 84.0 Å². The predicted molar refractivity (Wildman–Crippen MR) is 91.8 cm³/mol. The fraction of sp³-hybridized carbons (Fsp3) is 0.538. The molecule has 3 rings (SSSR count). The van der Waals surface area contributed by atoms with E-state index in [4.69, 9.17) is 4.74 Å². The Balaban J connectivity index is 1.82. The lowest BCUT2D eigenvalue weighted by atomic mass is 9.98. The Hall–Kier alpha value is -2.12. The summed E-state index contributed by atoms with van der Waals surface area (Å²) in [5.74, 6) is -1.36. The summed E-state index contributed by atoms with van der Waals surface area (Å²) in [6.45, 7) is -0.192. The highest BCUT2D eigenvalue weighted by Gasteiger charge is 2.66. The van der Waals surface area contributed by atoms with Crippen LogP contribution in [0.25, 0.3) is 0 Å². The Morgan fingerprint density at radius 2 is 2.35 bits per heavy atom. The van der Waals surface area contributed by atoms with Crippen LogP contribution in [-0.2, 0) is 25.7 Å². The fourth-order valence-electron chi connectivity index (χ4n) is 2.88. The summed E-state index contributed by atoms with van der Waals surface area (Å²) in [5, 5.41) is 21.9. The van der Waals surface area contributed by atoms with Gasteiger partial charge in [-0.1, -0.05) is 0 Å². The van der Waals surface area contributed by atoms with E-state index in [9.17, 15) is 19.5 Å². The number of thioether (sulfide) groups is 2. The van der Waals surface area contributed by atoms with Crippen LogP contribution < -0.4 is 5.32 Å². The summed E-state index contributed by atoms with van der Waals surface area (Å²) in [6, 6.07) is 0. The van der Waals surface area contributed by atoms with Crippen molar-refractivity contribution in [2.24, 2.45) is 0 Å². The first-order valence-electron chi connectivity index (χ1n) is 7.41. The number of nitrogens with zero attached hydrogens (tertiary/aromatic N) is 5. The van der Waals surface area contributed by atoms with E-state index in [1.54, 1.807) is 0 Å². The number of rotatable bonds is 7. The lowest BCUT2D eigenvalue weighted by Gasteiger charge is -2.55. The molecule has 2 aliphatic rings. The molecule has 2 atom stereocenters. The number of carbonyl (C=O) groups is 3. The number of hydrogen-bond acceptors (Lipinski definition) is 9. The molecule has 0 aliphatic carbocycles. The topological polar surface area (TPSA) is 140 Å². The minimum atomic E-state index is -1.61. The van der Waals surface area contributed by atoms with Crippen molar-refractivity contribution in [2.75, 3.05) is 24.9 Å². The van der Waals surface area contributed by atoms with Crippen LogP contribution in [0.2, 0.25) is 0 Å². The Bertz CT molecular complexity index is 769. The molecule has 2 amide bonds. The van der Waals surface area contributed by atoms with Crippen molar-refractivity contribution >= 4 is 41.3 Å². The first kappa shape index (κ1) is 18.7. The van der Waals surface area contributed by atoms with Crippen molar-refractivity contribution in [2.45, 2.75) is 17.6 Å². The number of methoxy groups -OCH3 is 1. The van der Waals surface area contributed by atoms with Crippen LogP contribution in [0.1, 0.15) is 0 Å². The van der Waals surface area contributed by atoms with Crippen LogP contribution in [0.4, 0.5) is 0 Å². The molecule has 0 aromatic carbocycles. The number of carbonyl (C=O) groups excluding carboxylic acids is 2. The number of fused-ring (bicyclic) bond motifs is 1. The van der Waals surface area contributed by atoms with Crippen LogP contribution in [0.3, 0.4) is 0 Å². The molecule has 1 unspecified atom stereocenters. The Kier molecular flexibility index (Phi) is 5.20. The summed E-state index contributed by atoms with van der Waals surface area (Å²) in [7, 11) is 1.30. The van der Waals surface area contributed by atoms with E-state index >= 15 is 0 Å². The molecule has 13 heteroatoms. The van der Waals surface area contributed by atoms with E-state index < -0.39 is 28.9 Å². The molecule has 2 aliphatic heterocycles. The number of aromatic nitrogens is 4. The van der Waals surface area contributed by atoms with Gasteiger partial charge < -0.3 is 15.2 Å². The van der Waals surface area contributed by atoms with Crippen molar-refractivity contribution in [1.82, 2.24) is 30.4 Å². The van der Waals surface area contributed by atoms with Gasteiger partial charge in [0, 0.05) is 18.6 Å². The van der Waals surface area contributed by atoms with Gasteiger partial charge in [-0.3, -0.25) is 14.5 Å². The first-order valence-corrected chi connectivity index (χ1v) is 9.85. The maximum Gasteiger partial charge on any atom is 0.352 e. The smallest absolute Gasteiger partial charge is 0.352 e. The summed E-state index contributed by atoms with van der Waals surface area (Å²) in [4.78, 5) is 37.9. The second kappa shape index (κ2) is 7.25. The molecular weight excluding hydrogens is 384 g/mol. The highest BCUT2D eigenvalue weighted by atomic mass is 32.2. The van der Waals surface area contributed by atoms with Crippen LogP contribution >= 0.6 is 23.5 Å². The molecule has 2 N–H and O–H groups in total. The van der Waals surface area contributed by atoms with Gasteiger partial charge in [0.2, 0.25) is 5.91 Å². The average molecular weight is 400 g/mol. The van der Waals surface area contributed by atoms with Gasteiger partial charge in [-0.2, -0.15) is 11.8 Å². The summed E-state index contributed by atoms with van der Waals surface area (Å²) >= 11 is 2.83. The van der Waals surface area contributed by atoms with Crippen molar-refractivity contribution in [3.63, 3.8) is 0 Å². The predicted octanol–water partition coefficient (Wildman–Crippen LogP) is -1.25. The summed E-state index contributed by atoms with van der Waals surface area (Å²) in [6.07, 6.45) is 3.13. The number of nitrogens with one attached hydrogen (secondary N) is 1. The van der Waals surface area contributed by atoms with Gasteiger partial charge in [0.1, 0.15) is 23.9 Å². The Morgan fingerprint density at radius 1 is 1.58 bits per heavy atom. The number of β-lactam (4-membered cyclic amide) rings is 1. The lowest BCUT2D eigenvalue weighted by molar-refractivity contribution is -0.192. The monoisotopic (exact) mass is 400 g/mol. The van der Waals surface area contributed by atoms with Crippen molar-refractivity contribution in [3.8, 4) is 0 Å². The van der Waals surface area contributed by atoms with Gasteiger partial charge in [0.25, 0.3) is 11.6 Å². The minimum absolute atomic E-state index is 0.0319. The van der Waals surface area contributed by atoms with Gasteiger partial charge >= 0.3 is 5.97 Å². The molecule has 11 nitrogen and oxygen atoms in total. The van der Waals surface area contributed by atoms with Crippen LogP contribution in [0.15, 0.2) is 17.6 Å². The number of carboxylic acids is 1. The Morgan fingerprint density at radius 3 is 2.92 bits per heavy atom. The lowest BCUT2D eigenvalue weighted by Crippen LogP contribution is -2.80. The third kappa shape index (κ3) is 2.95. The molecule has 1 saturated heterocycles. The van der Waals surface area contributed by atoms with Gasteiger partial charge in [0.15, 0.2) is 0 Å². The largest absolute Gasteiger partial charge is 0.477 e. The fourth-order valence-corrected chi connectivity index (χ4v) is 5.03. The number of carboxylic acid groups (broad SMARTS) is 1. The van der Waals surface area contributed by atoms with Crippen molar-refractivity contribution in [1.29, 1.82) is 0 Å². The van der Waals surface area contributed by atoms with E-state index in [1.807, 2.05) is 6.26 Å². The van der Waals surface area contributed by atoms with E-state index in [-0.39, 0.29) is 12.2 Å². The third-order valence-corrected chi connectivity index (χ3v) is 5.99. The van der Waals surface area contributed by atoms with Gasteiger partial charge in [-0.15, -0.1) is 16.9 Å². The SMILES string of the molecule is COC1(NC(=O)Cn2cnnn2)C(=O)N2C(C(=O)O)=C(CSC)CS[C@H]21. The van der Waals surface area contributed by atoms with Gasteiger partial charge in [0.05, 0.1) is 0 Å². The maximum atomic E-state index is 12.8. The van der Waals surface area contributed by atoms with Crippen molar-refractivity contribution in [3.05, 3.63) is 17.6 Å². The number of amides is 2. The molecule has 3 heterocycles. The molecule has 1 aromatic heterocycles. The first-order chi connectivity index (χ1) is 12.4. The van der Waals surface area contributed by atoms with E-state index in [0.29, 0.717) is 17.1 Å². The zero-order chi connectivity index (χ0) is 18.9. The number of tetrazole rings is 1. The third-order valence-electron chi connectivity index (χ3n) is 3.98. The highest BCUT2D eigenvalue weighted by Crippen LogP contribution is 2.46. The minimum Gasteiger partial charge on any atom is -0.477 e. The van der Waals surface area contributed by atoms with E-state index in [0.717, 1.165) is 0 Å². The highest BCUT2D eigenvalue weighted by molar-refractivity contribution is 8.00. The second-order valence-corrected chi connectivity index (χ2v) is 7.46. The normalized spacial score (nSPS) is 24.9.